The van der Waals surface area contributed by atoms with Crippen LogP contribution >= 0.6 is 69.0 Å². The lowest BCUT2D eigenvalue weighted by atomic mass is 10.1. The maximum Gasteiger partial charge on any atom is 0.276 e. The van der Waals surface area contributed by atoms with Gasteiger partial charge in [-0.2, -0.15) is 0 Å². The van der Waals surface area contributed by atoms with Crippen LogP contribution in [0.25, 0.3) is 0 Å². The summed E-state index contributed by atoms with van der Waals surface area (Å²) in [4.78, 5) is 150. The molecule has 678 valence electrons. The normalized spacial score (nSPS) is 19.1. The van der Waals surface area contributed by atoms with Crippen LogP contribution in [0.3, 0.4) is 0 Å². The number of amides is 7. The molecule has 0 fully saturated rings. The van der Waals surface area contributed by atoms with Crippen LogP contribution in [-0.2, 0) is 70.8 Å². The van der Waals surface area contributed by atoms with Crippen molar-refractivity contribution in [3.8, 4) is 23.0 Å². The molecule has 31 nitrogen and oxygen atoms in total. The Morgan fingerprint density at radius 2 is 0.606 bits per heavy atom. The van der Waals surface area contributed by atoms with Gasteiger partial charge in [-0.1, -0.05) is 70.7 Å². The smallest absolute Gasteiger partial charge is 0.276 e. The topological polar surface area (TPSA) is 356 Å². The zero-order chi connectivity index (χ0) is 92.3. The quantitative estimate of drug-likeness (QED) is 0.0362. The molecule has 0 aliphatic carbocycles. The number of nitrogens with zero attached hydrogens (tertiary/aromatic N) is 8. The first-order valence-electron chi connectivity index (χ1n) is 40.5. The number of methoxy groups -OCH3 is 8. The summed E-state index contributed by atoms with van der Waals surface area (Å²) in [6, 6.07) is 16.1. The van der Waals surface area contributed by atoms with Gasteiger partial charge in [0.25, 0.3) is 41.4 Å². The summed E-state index contributed by atoms with van der Waals surface area (Å²) in [7, 11) is 11.6. The third-order valence-electron chi connectivity index (χ3n) is 23.6. The first-order valence-corrected chi connectivity index (χ1v) is 43.1. The zero-order valence-corrected chi connectivity index (χ0v) is 76.4. The summed E-state index contributed by atoms with van der Waals surface area (Å²) >= 11 is 24.9. The van der Waals surface area contributed by atoms with Crippen molar-refractivity contribution in [3.63, 3.8) is 0 Å². The van der Waals surface area contributed by atoms with Crippen LogP contribution in [0.1, 0.15) is 196 Å². The number of halogens is 9. The predicted molar refractivity (Wildman–Crippen MR) is 468 cm³/mol. The molecule has 12 heterocycles. The van der Waals surface area contributed by atoms with Crippen LogP contribution < -0.4 is 62.3 Å². The van der Waals surface area contributed by atoms with Gasteiger partial charge < -0.3 is 97.4 Å². The summed E-state index contributed by atoms with van der Waals surface area (Å²) in [5, 5.41) is 8.04. The number of nitrogens with two attached hydrogens (primary N) is 1. The molecule has 0 saturated heterocycles. The first-order chi connectivity index (χ1) is 60.8. The van der Waals surface area contributed by atoms with Crippen molar-refractivity contribution in [2.75, 3.05) is 83.1 Å². The molecule has 127 heavy (non-hydrogen) atoms. The highest BCUT2D eigenvalue weighted by Gasteiger charge is 2.52. The maximum absolute atomic E-state index is 13.4. The monoisotopic (exact) mass is 1950 g/mol. The summed E-state index contributed by atoms with van der Waals surface area (Å²) < 4.78 is 104. The molecule has 7 amide bonds. The molecule has 0 radical (unpaired) electrons. The molecule has 0 unspecified atom stereocenters. The van der Waals surface area contributed by atoms with Crippen LogP contribution in [0.4, 0.5) is 17.6 Å². The van der Waals surface area contributed by atoms with Crippen molar-refractivity contribution >= 4 is 110 Å². The average molecular weight is 1960 g/mol. The lowest BCUT2D eigenvalue weighted by Crippen LogP contribution is -2.52. The Balaban J connectivity index is 0.000000149. The molecule has 8 atom stereocenters. The van der Waals surface area contributed by atoms with Crippen LogP contribution in [0.5, 0.6) is 23.0 Å². The first kappa shape index (κ1) is 95.7. The number of pyridine rings is 4. The van der Waals surface area contributed by atoms with Crippen LogP contribution in [-0.4, -0.2) is 187 Å². The van der Waals surface area contributed by atoms with Gasteiger partial charge >= 0.3 is 0 Å². The van der Waals surface area contributed by atoms with Crippen LogP contribution in [0, 0.1) is 26.8 Å². The van der Waals surface area contributed by atoms with E-state index in [1.807, 2.05) is 54.9 Å². The molecule has 40 heteroatoms. The molecule has 0 bridgehead atoms. The van der Waals surface area contributed by atoms with Gasteiger partial charge in [0.1, 0.15) is 40.0 Å². The summed E-state index contributed by atoms with van der Waals surface area (Å²) in [5.74, 6) is -5.53. The second-order valence-electron chi connectivity index (χ2n) is 30.1. The number of aromatic nitrogens is 4. The molecule has 16 rings (SSSR count). The van der Waals surface area contributed by atoms with E-state index in [-0.39, 0.29) is 156 Å². The van der Waals surface area contributed by atoms with Crippen molar-refractivity contribution in [1.29, 1.82) is 0 Å². The van der Waals surface area contributed by atoms with E-state index in [0.29, 0.717) is 114 Å². The van der Waals surface area contributed by atoms with Crippen molar-refractivity contribution in [1.82, 2.24) is 53.8 Å². The number of hydrogen-bond donors (Lipinski definition) is 4. The third-order valence-corrected chi connectivity index (χ3v) is 25.9. The molecule has 8 aliphatic rings. The number of nitrogens with one attached hydrogen (secondary N) is 3. The van der Waals surface area contributed by atoms with Crippen molar-refractivity contribution in [2.45, 2.75) is 154 Å². The fourth-order valence-electron chi connectivity index (χ4n) is 18.0. The lowest BCUT2D eigenvalue weighted by molar-refractivity contribution is -0.0576. The summed E-state index contributed by atoms with van der Waals surface area (Å²) in [6.45, 7) is 9.71. The van der Waals surface area contributed by atoms with E-state index < -0.39 is 76.0 Å². The average Bonchev–Trinajstić information content (AvgIpc) is 1.68. The van der Waals surface area contributed by atoms with Gasteiger partial charge in [0.2, 0.25) is 21.7 Å². The number of carbonyl (C=O) groups excluding carboxylic acids is 7. The second kappa shape index (κ2) is 40.5. The Hall–Kier alpha value is -10.4. The summed E-state index contributed by atoms with van der Waals surface area (Å²) in [6.07, 6.45) is 2.95. The van der Waals surface area contributed by atoms with E-state index in [4.69, 9.17) is 90.0 Å². The van der Waals surface area contributed by atoms with Crippen molar-refractivity contribution in [2.24, 2.45) is 5.73 Å². The Kier molecular flexibility index (Phi) is 30.5. The SMILES string of the molecule is CCN1C(=O)c2c(OC)c(=O)c(C(=O)NCc3ccc(F)c(Cl)c3)c3n2[C@@H](CC3)[C@H]1OC.CCN1C(=O)c2c(OC)c(=O)c(C(=O)NCc3ccc(F)c(Cl)c3)c3n2[C@@H](CC3)[C@H]1OC.CCN1C(=O)c2c(OC)c(=O)c(C(=O)NCc3ccc(F)c(Cl)c3)c3n2[C@H](CC3)[C@@H]1OC.CCN1C(=O)c2c(OC)c(=O)c(I)c3n2[C@@H](CC3)[C@H]1OC.NCc1ccc(F)c(Cl)c1. The third kappa shape index (κ3) is 17.7. The van der Waals surface area contributed by atoms with E-state index in [9.17, 15) is 70.3 Å². The van der Waals surface area contributed by atoms with E-state index in [0.717, 1.165) is 24.1 Å². The number of rotatable bonds is 22. The molecule has 8 aliphatic heterocycles. The van der Waals surface area contributed by atoms with Gasteiger partial charge in [0, 0.05) is 104 Å². The Labute approximate surface area is 759 Å². The van der Waals surface area contributed by atoms with E-state index in [2.05, 4.69) is 16.0 Å². The minimum Gasteiger partial charge on any atom is -0.491 e. The molecule has 8 aromatic rings. The van der Waals surface area contributed by atoms with E-state index >= 15 is 0 Å². The van der Waals surface area contributed by atoms with Gasteiger partial charge in [-0.15, -0.1) is 0 Å². The van der Waals surface area contributed by atoms with E-state index in [1.165, 1.54) is 116 Å². The zero-order valence-electron chi connectivity index (χ0n) is 71.2. The molecular weight excluding hydrogens is 1860 g/mol. The minimum absolute atomic E-state index is 0.0423. The van der Waals surface area contributed by atoms with Gasteiger partial charge in [0.05, 0.1) is 76.3 Å². The Morgan fingerprint density at radius 1 is 0.378 bits per heavy atom. The molecule has 4 aromatic carbocycles. The maximum atomic E-state index is 13.4. The number of ether oxygens (including phenoxy) is 8. The number of carbonyl (C=O) groups is 7. The highest BCUT2D eigenvalue weighted by atomic mass is 127. The van der Waals surface area contributed by atoms with Crippen molar-refractivity contribution < 1.29 is 89.0 Å². The van der Waals surface area contributed by atoms with Gasteiger partial charge in [-0.05, 0) is 172 Å². The van der Waals surface area contributed by atoms with Gasteiger partial charge in [-0.25, -0.2) is 17.6 Å². The number of benzene rings is 4. The Morgan fingerprint density at radius 3 is 0.835 bits per heavy atom. The van der Waals surface area contributed by atoms with Crippen LogP contribution in [0.15, 0.2) is 92.0 Å². The fourth-order valence-corrected chi connectivity index (χ4v) is 19.5. The molecular formula is C87H93Cl4F4IN12O19. The minimum atomic E-state index is -0.635. The largest absolute Gasteiger partial charge is 0.491 e. The second-order valence-corrected chi connectivity index (χ2v) is 32.8. The molecule has 5 N–H and O–H groups in total. The predicted octanol–water partition coefficient (Wildman–Crippen LogP) is 10.9. The lowest BCUT2D eigenvalue weighted by Gasteiger charge is -2.40. The van der Waals surface area contributed by atoms with Gasteiger partial charge in [0.15, 0.2) is 70.7 Å². The van der Waals surface area contributed by atoms with Gasteiger partial charge in [-0.3, -0.25) is 52.7 Å². The van der Waals surface area contributed by atoms with Crippen molar-refractivity contribution in [3.05, 3.63) is 245 Å². The number of likely N-dealkylation sites (N-methyl/N-ethyl adjacent to an activating group) is 4. The molecule has 4 aromatic heterocycles. The van der Waals surface area contributed by atoms with Crippen LogP contribution in [0.2, 0.25) is 20.1 Å². The highest BCUT2D eigenvalue weighted by Crippen LogP contribution is 2.46. The Bertz CT molecular complexity index is 5550. The highest BCUT2D eigenvalue weighted by molar-refractivity contribution is 14.1. The van der Waals surface area contributed by atoms with E-state index in [1.54, 1.807) is 46.5 Å². The molecule has 0 spiro atoms. The standard InChI is InChI=1S/3C22H23ClFN3O5.C14H17IN2O4.C7H7ClFN/c3*1-4-26-21(30)17-19(31-2)18(28)16(14-7-8-15(27(14)17)22(26)32-3)20(29)25-10-11-5-6-13(24)12(23)9-11;1-4-16-13(19)10-12(20-2)11(18)9(15)7-5-6-8(17(7)10)14(16)21-3;8-6-3-5(4-10)1-2-7(6)9/h3*5-6,9,15,22H,4,7-8,10H2,1-3H3,(H,25,29);8,14H,4-6H2,1-3H3;1-3H,4,10H2/t3*15-,22+;8-,14+;/m1000./s1. The summed E-state index contributed by atoms with van der Waals surface area (Å²) in [5.41, 5.74) is 8.77. The fraction of sp³-hybridized carbons (Fsp3) is 0.414. The number of hydrogen-bond acceptors (Lipinski definition) is 20. The molecule has 0 saturated carbocycles.